The first kappa shape index (κ1) is 19.8. The second kappa shape index (κ2) is 10.5. The van der Waals surface area contributed by atoms with Gasteiger partial charge < -0.3 is 19.5 Å². The number of hydrogen-bond acceptors (Lipinski definition) is 5. The van der Waals surface area contributed by atoms with E-state index in [4.69, 9.17) is 14.2 Å². The van der Waals surface area contributed by atoms with Crippen LogP contribution in [0.25, 0.3) is 0 Å². The van der Waals surface area contributed by atoms with Gasteiger partial charge in [0.05, 0.1) is 19.3 Å². The van der Waals surface area contributed by atoms with Crippen molar-refractivity contribution in [2.45, 2.75) is 46.1 Å². The monoisotopic (exact) mass is 337 g/mol. The van der Waals surface area contributed by atoms with Gasteiger partial charge in [0.2, 0.25) is 0 Å². The summed E-state index contributed by atoms with van der Waals surface area (Å²) in [6, 6.07) is 4.86. The number of amides is 1. The Morgan fingerprint density at radius 3 is 2.54 bits per heavy atom. The minimum absolute atomic E-state index is 0.0660. The highest BCUT2D eigenvalue weighted by atomic mass is 16.5. The van der Waals surface area contributed by atoms with Gasteiger partial charge in [-0.1, -0.05) is 20.3 Å². The van der Waals surface area contributed by atoms with Gasteiger partial charge in [-0.3, -0.25) is 4.79 Å². The minimum atomic E-state index is -0.575. The summed E-state index contributed by atoms with van der Waals surface area (Å²) in [5.41, 5.74) is 0.310. The molecule has 6 nitrogen and oxygen atoms in total. The molecule has 1 atom stereocenters. The van der Waals surface area contributed by atoms with E-state index in [1.54, 1.807) is 18.2 Å². The molecule has 0 fully saturated rings. The third-order valence-corrected chi connectivity index (χ3v) is 3.32. The Labute approximate surface area is 143 Å². The highest BCUT2D eigenvalue weighted by molar-refractivity contribution is 5.92. The number of ether oxygens (including phenoxy) is 3. The largest absolute Gasteiger partial charge is 0.493 e. The summed E-state index contributed by atoms with van der Waals surface area (Å²) in [4.78, 5) is 23.8. The highest BCUT2D eigenvalue weighted by Crippen LogP contribution is 2.28. The quantitative estimate of drug-likeness (QED) is 0.665. The second-order valence-corrected chi connectivity index (χ2v) is 5.55. The lowest BCUT2D eigenvalue weighted by Crippen LogP contribution is -2.35. The van der Waals surface area contributed by atoms with Crippen molar-refractivity contribution in [3.8, 4) is 11.5 Å². The number of nitrogens with one attached hydrogen (secondary N) is 1. The molecule has 0 unspecified atom stereocenters. The van der Waals surface area contributed by atoms with Gasteiger partial charge in [0, 0.05) is 6.04 Å². The third-order valence-electron chi connectivity index (χ3n) is 3.32. The number of hydrogen-bond donors (Lipinski definition) is 1. The van der Waals surface area contributed by atoms with Crippen LogP contribution in [0.1, 0.15) is 50.4 Å². The topological polar surface area (TPSA) is 73.9 Å². The molecule has 0 saturated heterocycles. The summed E-state index contributed by atoms with van der Waals surface area (Å²) in [6.45, 7) is 6.23. The van der Waals surface area contributed by atoms with E-state index in [-0.39, 0.29) is 18.6 Å². The van der Waals surface area contributed by atoms with E-state index >= 15 is 0 Å². The molecule has 0 saturated carbocycles. The first-order valence-electron chi connectivity index (χ1n) is 8.29. The fourth-order valence-corrected chi connectivity index (χ4v) is 2.16. The van der Waals surface area contributed by atoms with E-state index in [9.17, 15) is 9.59 Å². The Morgan fingerprint density at radius 1 is 1.17 bits per heavy atom. The van der Waals surface area contributed by atoms with Crippen LogP contribution in [0.5, 0.6) is 11.5 Å². The van der Waals surface area contributed by atoms with Crippen LogP contribution in [-0.4, -0.2) is 38.2 Å². The first-order valence-corrected chi connectivity index (χ1v) is 8.29. The van der Waals surface area contributed by atoms with Crippen molar-refractivity contribution in [1.82, 2.24) is 5.32 Å². The molecule has 0 heterocycles. The fourth-order valence-electron chi connectivity index (χ4n) is 2.16. The molecule has 1 N–H and O–H groups in total. The van der Waals surface area contributed by atoms with Crippen LogP contribution in [-0.2, 0) is 9.53 Å². The van der Waals surface area contributed by atoms with Gasteiger partial charge in [-0.2, -0.15) is 0 Å². The Balaban J connectivity index is 2.59. The van der Waals surface area contributed by atoms with E-state index < -0.39 is 5.97 Å². The van der Waals surface area contributed by atoms with E-state index in [1.165, 1.54) is 7.11 Å². The van der Waals surface area contributed by atoms with Gasteiger partial charge in [-0.15, -0.1) is 0 Å². The number of methoxy groups -OCH3 is 1. The lowest BCUT2D eigenvalue weighted by Gasteiger charge is -2.13. The maximum absolute atomic E-state index is 12.1. The molecule has 1 aromatic rings. The molecule has 6 heteroatoms. The number of carbonyl (C=O) groups is 2. The summed E-state index contributed by atoms with van der Waals surface area (Å²) < 4.78 is 15.8. The van der Waals surface area contributed by atoms with Gasteiger partial charge in [0.1, 0.15) is 0 Å². The molecule has 0 bridgehead atoms. The molecule has 1 aromatic carbocycles. The molecule has 0 spiro atoms. The van der Waals surface area contributed by atoms with Crippen LogP contribution in [0.15, 0.2) is 18.2 Å². The molecule has 24 heavy (non-hydrogen) atoms. The van der Waals surface area contributed by atoms with E-state index in [0.29, 0.717) is 23.7 Å². The first-order chi connectivity index (χ1) is 11.5. The van der Waals surface area contributed by atoms with Crippen molar-refractivity contribution in [1.29, 1.82) is 0 Å². The molecule has 0 aliphatic rings. The smallest absolute Gasteiger partial charge is 0.338 e. The van der Waals surface area contributed by atoms with Gasteiger partial charge in [-0.05, 0) is 38.0 Å². The van der Waals surface area contributed by atoms with E-state index in [2.05, 4.69) is 5.32 Å². The van der Waals surface area contributed by atoms with Crippen molar-refractivity contribution in [3.63, 3.8) is 0 Å². The number of rotatable bonds is 10. The lowest BCUT2D eigenvalue weighted by atomic mass is 10.2. The zero-order chi connectivity index (χ0) is 17.9. The number of esters is 1. The Morgan fingerprint density at radius 2 is 1.92 bits per heavy atom. The predicted octanol–water partition coefficient (Wildman–Crippen LogP) is 2.95. The molecular weight excluding hydrogens is 310 g/mol. The number of benzene rings is 1. The molecular formula is C18H27NO5. The molecule has 1 rings (SSSR count). The zero-order valence-electron chi connectivity index (χ0n) is 14.9. The summed E-state index contributed by atoms with van der Waals surface area (Å²) in [5.74, 6) is 0.147. The Bertz CT molecular complexity index is 544. The van der Waals surface area contributed by atoms with Crippen molar-refractivity contribution >= 4 is 11.9 Å². The average Bonchev–Trinajstić information content (AvgIpc) is 2.57. The fraction of sp³-hybridized carbons (Fsp3) is 0.556. The van der Waals surface area contributed by atoms with Crippen LogP contribution in [0.3, 0.4) is 0 Å². The van der Waals surface area contributed by atoms with E-state index in [0.717, 1.165) is 19.3 Å². The summed E-state index contributed by atoms with van der Waals surface area (Å²) in [6.07, 6.45) is 2.74. The van der Waals surface area contributed by atoms with Gasteiger partial charge in [-0.25, -0.2) is 4.79 Å². The highest BCUT2D eigenvalue weighted by Gasteiger charge is 2.14. The minimum Gasteiger partial charge on any atom is -0.493 e. The van der Waals surface area contributed by atoms with Crippen LogP contribution >= 0.6 is 0 Å². The summed E-state index contributed by atoms with van der Waals surface area (Å²) in [5, 5.41) is 2.78. The Kier molecular flexibility index (Phi) is 8.68. The lowest BCUT2D eigenvalue weighted by molar-refractivity contribution is -0.124. The predicted molar refractivity (Wildman–Crippen MR) is 91.6 cm³/mol. The zero-order valence-corrected chi connectivity index (χ0v) is 14.9. The second-order valence-electron chi connectivity index (χ2n) is 5.55. The molecule has 0 aromatic heterocycles. The van der Waals surface area contributed by atoms with Crippen molar-refractivity contribution in [2.75, 3.05) is 20.3 Å². The molecule has 0 radical (unpaired) electrons. The van der Waals surface area contributed by atoms with Crippen LogP contribution in [0.2, 0.25) is 0 Å². The summed E-state index contributed by atoms with van der Waals surface area (Å²) >= 11 is 0. The van der Waals surface area contributed by atoms with Gasteiger partial charge in [0.15, 0.2) is 18.1 Å². The van der Waals surface area contributed by atoms with Crippen molar-refractivity contribution in [3.05, 3.63) is 23.8 Å². The van der Waals surface area contributed by atoms with Gasteiger partial charge >= 0.3 is 5.97 Å². The van der Waals surface area contributed by atoms with Crippen LogP contribution < -0.4 is 14.8 Å². The SMILES string of the molecule is CCCOc1ccc(C(=O)OCC(=O)N[C@H](C)CCC)cc1OC. The number of carbonyl (C=O) groups excluding carboxylic acids is 2. The molecule has 0 aliphatic heterocycles. The van der Waals surface area contributed by atoms with Crippen LogP contribution in [0.4, 0.5) is 0 Å². The molecule has 134 valence electrons. The van der Waals surface area contributed by atoms with Crippen molar-refractivity contribution in [2.24, 2.45) is 0 Å². The Hall–Kier alpha value is -2.24. The third kappa shape index (κ3) is 6.48. The molecule has 0 aliphatic carbocycles. The molecule has 1 amide bonds. The van der Waals surface area contributed by atoms with Crippen LogP contribution in [0, 0.1) is 0 Å². The normalized spacial score (nSPS) is 11.5. The van der Waals surface area contributed by atoms with Crippen molar-refractivity contribution < 1.29 is 23.8 Å². The maximum atomic E-state index is 12.1. The standard InChI is InChI=1S/C18H27NO5/c1-5-7-13(3)19-17(20)12-24-18(21)14-8-9-15(23-10-6-2)16(11-14)22-4/h8-9,11,13H,5-7,10,12H2,1-4H3,(H,19,20)/t13-/m1/s1. The average molecular weight is 337 g/mol. The summed E-state index contributed by atoms with van der Waals surface area (Å²) in [7, 11) is 1.51. The maximum Gasteiger partial charge on any atom is 0.338 e. The van der Waals surface area contributed by atoms with E-state index in [1.807, 2.05) is 20.8 Å². The van der Waals surface area contributed by atoms with Gasteiger partial charge in [0.25, 0.3) is 5.91 Å².